The maximum Gasteiger partial charge on any atom is 0.287 e. The van der Waals surface area contributed by atoms with E-state index in [0.29, 0.717) is 5.65 Å². The lowest BCUT2D eigenvalue weighted by atomic mass is 10.2. The molecule has 0 unspecified atom stereocenters. The summed E-state index contributed by atoms with van der Waals surface area (Å²) in [6, 6.07) is 1.83. The monoisotopic (exact) mass is 297 g/mol. The van der Waals surface area contributed by atoms with Crippen LogP contribution in [0, 0.1) is 13.8 Å². The lowest BCUT2D eigenvalue weighted by molar-refractivity contribution is 0.776. The molecule has 7 heteroatoms. The van der Waals surface area contributed by atoms with Crippen molar-refractivity contribution in [3.63, 3.8) is 0 Å². The summed E-state index contributed by atoms with van der Waals surface area (Å²) < 4.78 is 1.23. The Labute approximate surface area is 125 Å². The number of pyridine rings is 1. The second kappa shape index (κ2) is 4.40. The fourth-order valence-electron chi connectivity index (χ4n) is 3.12. The Morgan fingerprint density at radius 3 is 2.59 bits per heavy atom. The van der Waals surface area contributed by atoms with Crippen LogP contribution in [0.4, 0.5) is 0 Å². The third kappa shape index (κ3) is 1.75. The summed E-state index contributed by atoms with van der Waals surface area (Å²) in [7, 11) is 0. The van der Waals surface area contributed by atoms with Gasteiger partial charge < -0.3 is 4.98 Å². The molecule has 0 aromatic carbocycles. The van der Waals surface area contributed by atoms with E-state index in [1.54, 1.807) is 0 Å². The van der Waals surface area contributed by atoms with Gasteiger partial charge in [0.1, 0.15) is 11.0 Å². The quantitative estimate of drug-likeness (QED) is 0.697. The Kier molecular flexibility index (Phi) is 2.60. The van der Waals surface area contributed by atoms with Crippen molar-refractivity contribution < 1.29 is 0 Å². The SMILES string of the molecule is Cc1cc(C)nc(-n2[nH]c3[nH]c4c(c(=O)c3c2=O)CCC4)n1. The van der Waals surface area contributed by atoms with E-state index in [4.69, 9.17) is 0 Å². The lowest BCUT2D eigenvalue weighted by Gasteiger charge is -2.02. The number of aromatic amines is 2. The van der Waals surface area contributed by atoms with Crippen LogP contribution in [0.15, 0.2) is 15.7 Å². The van der Waals surface area contributed by atoms with E-state index < -0.39 is 5.56 Å². The fourth-order valence-corrected chi connectivity index (χ4v) is 3.12. The Balaban J connectivity index is 2.05. The van der Waals surface area contributed by atoms with Crippen molar-refractivity contribution >= 4 is 11.0 Å². The molecule has 0 fully saturated rings. The molecule has 3 aromatic heterocycles. The highest BCUT2D eigenvalue weighted by molar-refractivity contribution is 5.75. The van der Waals surface area contributed by atoms with Crippen LogP contribution in [-0.2, 0) is 12.8 Å². The molecule has 0 saturated heterocycles. The van der Waals surface area contributed by atoms with Crippen molar-refractivity contribution in [1.82, 2.24) is 24.7 Å². The standard InChI is InChI=1S/C15H15N5O2/c1-7-6-8(2)17-15(16-7)20-14(22)11-12(21)9-4-3-5-10(9)18-13(11)19-20/h6H,3-5H2,1-2H3,(H2,18,19,21). The van der Waals surface area contributed by atoms with E-state index in [0.717, 1.165) is 41.9 Å². The average Bonchev–Trinajstić information content (AvgIpc) is 3.03. The molecule has 0 bridgehead atoms. The predicted octanol–water partition coefficient (Wildman–Crippen LogP) is 0.903. The van der Waals surface area contributed by atoms with Gasteiger partial charge in [0, 0.05) is 22.6 Å². The van der Waals surface area contributed by atoms with Crippen LogP contribution in [0.5, 0.6) is 0 Å². The zero-order valence-electron chi connectivity index (χ0n) is 12.4. The molecule has 0 atom stereocenters. The van der Waals surface area contributed by atoms with Gasteiger partial charge in [-0.3, -0.25) is 14.7 Å². The second-order valence-electron chi connectivity index (χ2n) is 5.72. The highest BCUT2D eigenvalue weighted by atomic mass is 16.1. The fraction of sp³-hybridized carbons (Fsp3) is 0.333. The maximum atomic E-state index is 12.6. The topological polar surface area (TPSA) is 96.4 Å². The highest BCUT2D eigenvalue weighted by Crippen LogP contribution is 2.18. The van der Waals surface area contributed by atoms with Crippen LogP contribution < -0.4 is 11.0 Å². The van der Waals surface area contributed by atoms with Gasteiger partial charge in [-0.1, -0.05) is 0 Å². The molecule has 112 valence electrons. The number of H-pyrrole nitrogens is 2. The van der Waals surface area contributed by atoms with Crippen LogP contribution in [-0.4, -0.2) is 24.7 Å². The molecule has 2 N–H and O–H groups in total. The predicted molar refractivity (Wildman–Crippen MR) is 81.6 cm³/mol. The van der Waals surface area contributed by atoms with Gasteiger partial charge in [0.2, 0.25) is 0 Å². The van der Waals surface area contributed by atoms with Crippen molar-refractivity contribution in [2.24, 2.45) is 0 Å². The normalized spacial score (nSPS) is 13.7. The molecular weight excluding hydrogens is 282 g/mol. The summed E-state index contributed by atoms with van der Waals surface area (Å²) in [4.78, 5) is 36.9. The smallest absolute Gasteiger partial charge is 0.287 e. The van der Waals surface area contributed by atoms with Gasteiger partial charge in [-0.15, -0.1) is 0 Å². The Bertz CT molecular complexity index is 1000. The van der Waals surface area contributed by atoms with Crippen molar-refractivity contribution in [2.45, 2.75) is 33.1 Å². The van der Waals surface area contributed by atoms with Gasteiger partial charge in [-0.05, 0) is 39.2 Å². The van der Waals surface area contributed by atoms with Gasteiger partial charge in [0.15, 0.2) is 5.43 Å². The van der Waals surface area contributed by atoms with E-state index in [-0.39, 0.29) is 16.8 Å². The van der Waals surface area contributed by atoms with E-state index in [1.807, 2.05) is 19.9 Å². The van der Waals surface area contributed by atoms with Crippen LogP contribution in [0.2, 0.25) is 0 Å². The zero-order chi connectivity index (χ0) is 15.4. The van der Waals surface area contributed by atoms with E-state index in [9.17, 15) is 9.59 Å². The summed E-state index contributed by atoms with van der Waals surface area (Å²) >= 11 is 0. The maximum absolute atomic E-state index is 12.6. The number of nitrogens with zero attached hydrogens (tertiary/aromatic N) is 3. The van der Waals surface area contributed by atoms with Gasteiger partial charge in [0.25, 0.3) is 11.5 Å². The van der Waals surface area contributed by atoms with Crippen molar-refractivity contribution in [2.75, 3.05) is 0 Å². The van der Waals surface area contributed by atoms with Gasteiger partial charge in [-0.25, -0.2) is 9.97 Å². The van der Waals surface area contributed by atoms with Gasteiger partial charge in [-0.2, -0.15) is 4.68 Å². The van der Waals surface area contributed by atoms with Crippen LogP contribution in [0.25, 0.3) is 17.0 Å². The first-order valence-electron chi connectivity index (χ1n) is 7.26. The van der Waals surface area contributed by atoms with Crippen LogP contribution in [0.3, 0.4) is 0 Å². The van der Waals surface area contributed by atoms with Gasteiger partial charge >= 0.3 is 0 Å². The molecule has 0 spiro atoms. The highest BCUT2D eigenvalue weighted by Gasteiger charge is 2.22. The molecule has 0 saturated carbocycles. The van der Waals surface area contributed by atoms with Crippen molar-refractivity contribution in [1.29, 1.82) is 0 Å². The first kappa shape index (κ1) is 13.0. The van der Waals surface area contributed by atoms with Crippen LogP contribution in [0.1, 0.15) is 29.1 Å². The summed E-state index contributed by atoms with van der Waals surface area (Å²) in [6.07, 6.45) is 2.51. The van der Waals surface area contributed by atoms with E-state index in [2.05, 4.69) is 20.1 Å². The molecule has 0 radical (unpaired) electrons. The Morgan fingerprint density at radius 1 is 1.14 bits per heavy atom. The molecule has 1 aliphatic carbocycles. The number of rotatable bonds is 1. The Morgan fingerprint density at radius 2 is 1.86 bits per heavy atom. The van der Waals surface area contributed by atoms with Crippen LogP contribution >= 0.6 is 0 Å². The molecule has 7 nitrogen and oxygen atoms in total. The number of fused-ring (bicyclic) bond motifs is 2. The first-order chi connectivity index (χ1) is 10.5. The minimum atomic E-state index is -0.407. The molecule has 3 heterocycles. The largest absolute Gasteiger partial charge is 0.343 e. The number of aromatic nitrogens is 5. The zero-order valence-corrected chi connectivity index (χ0v) is 12.4. The third-order valence-electron chi connectivity index (χ3n) is 4.06. The molecule has 0 aliphatic heterocycles. The second-order valence-corrected chi connectivity index (χ2v) is 5.72. The molecule has 1 aliphatic rings. The van der Waals surface area contributed by atoms with E-state index in [1.165, 1.54) is 4.68 Å². The molecule has 4 rings (SSSR count). The van der Waals surface area contributed by atoms with Gasteiger partial charge in [0.05, 0.1) is 0 Å². The van der Waals surface area contributed by atoms with Crippen molar-refractivity contribution in [3.05, 3.63) is 49.3 Å². The first-order valence-corrected chi connectivity index (χ1v) is 7.26. The number of aryl methyl sites for hydroxylation is 3. The molecular formula is C15H15N5O2. The van der Waals surface area contributed by atoms with E-state index >= 15 is 0 Å². The summed E-state index contributed by atoms with van der Waals surface area (Å²) in [5.41, 5.74) is 3.05. The molecule has 0 amide bonds. The number of hydrogen-bond acceptors (Lipinski definition) is 4. The Hall–Kier alpha value is -2.70. The lowest BCUT2D eigenvalue weighted by Crippen LogP contribution is -2.22. The summed E-state index contributed by atoms with van der Waals surface area (Å²) in [5.74, 6) is 0.256. The number of nitrogens with one attached hydrogen (secondary N) is 2. The summed E-state index contributed by atoms with van der Waals surface area (Å²) in [6.45, 7) is 3.68. The van der Waals surface area contributed by atoms with Crippen molar-refractivity contribution in [3.8, 4) is 5.95 Å². The minimum absolute atomic E-state index is 0.156. The number of hydrogen-bond donors (Lipinski definition) is 2. The average molecular weight is 297 g/mol. The minimum Gasteiger partial charge on any atom is -0.343 e. The third-order valence-corrected chi connectivity index (χ3v) is 4.06. The molecule has 3 aromatic rings. The molecule has 22 heavy (non-hydrogen) atoms. The summed E-state index contributed by atoms with van der Waals surface area (Å²) in [5, 5.41) is 3.08.